The summed E-state index contributed by atoms with van der Waals surface area (Å²) < 4.78 is 13.0. The van der Waals surface area contributed by atoms with Crippen LogP contribution in [0.15, 0.2) is 47.4 Å². The van der Waals surface area contributed by atoms with Gasteiger partial charge in [-0.05, 0) is 19.1 Å². The zero-order valence-electron chi connectivity index (χ0n) is 12.1. The summed E-state index contributed by atoms with van der Waals surface area (Å²) in [5.41, 5.74) is 6.58. The summed E-state index contributed by atoms with van der Waals surface area (Å²) >= 11 is 0. The van der Waals surface area contributed by atoms with Crippen molar-refractivity contribution in [3.63, 3.8) is 0 Å². The number of rotatable bonds is 7. The molecule has 0 unspecified atom stereocenters. The van der Waals surface area contributed by atoms with Gasteiger partial charge < -0.3 is 19.8 Å². The Balaban J connectivity index is 2.09. The highest BCUT2D eigenvalue weighted by molar-refractivity contribution is 5.46. The van der Waals surface area contributed by atoms with E-state index < -0.39 is 0 Å². The Morgan fingerprint density at radius 3 is 2.71 bits per heavy atom. The lowest BCUT2D eigenvalue weighted by Crippen LogP contribution is -2.21. The van der Waals surface area contributed by atoms with E-state index >= 15 is 0 Å². The number of aromatic nitrogens is 1. The van der Waals surface area contributed by atoms with Crippen LogP contribution < -0.4 is 20.8 Å². The van der Waals surface area contributed by atoms with Crippen LogP contribution in [0.25, 0.3) is 0 Å². The van der Waals surface area contributed by atoms with Crippen LogP contribution in [-0.2, 0) is 13.1 Å². The number of hydrogen-bond donors (Lipinski definition) is 1. The SMILES string of the molecule is CCOc1cccc(CN)c1OCCn1ccccc1=O. The summed E-state index contributed by atoms with van der Waals surface area (Å²) in [5.74, 6) is 1.34. The third-order valence-electron chi connectivity index (χ3n) is 3.06. The molecule has 0 aliphatic carbocycles. The Morgan fingerprint density at radius 1 is 1.14 bits per heavy atom. The molecule has 0 saturated carbocycles. The van der Waals surface area contributed by atoms with Crippen LogP contribution >= 0.6 is 0 Å². The van der Waals surface area contributed by atoms with Gasteiger partial charge in [0.15, 0.2) is 11.5 Å². The minimum Gasteiger partial charge on any atom is -0.490 e. The third-order valence-corrected chi connectivity index (χ3v) is 3.06. The van der Waals surface area contributed by atoms with Crippen LogP contribution in [0.2, 0.25) is 0 Å². The zero-order valence-corrected chi connectivity index (χ0v) is 12.1. The van der Waals surface area contributed by atoms with Gasteiger partial charge in [-0.25, -0.2) is 0 Å². The molecule has 0 aliphatic heterocycles. The molecule has 5 heteroatoms. The number of nitrogens with two attached hydrogens (primary N) is 1. The van der Waals surface area contributed by atoms with Crippen molar-refractivity contribution in [2.75, 3.05) is 13.2 Å². The van der Waals surface area contributed by atoms with Gasteiger partial charge in [0, 0.05) is 24.4 Å². The van der Waals surface area contributed by atoms with E-state index in [1.165, 1.54) is 6.07 Å². The molecule has 0 radical (unpaired) electrons. The Morgan fingerprint density at radius 2 is 2.00 bits per heavy atom. The molecule has 2 rings (SSSR count). The zero-order chi connectivity index (χ0) is 15.1. The molecule has 0 fully saturated rings. The first kappa shape index (κ1) is 15.1. The summed E-state index contributed by atoms with van der Waals surface area (Å²) in [4.78, 5) is 11.6. The molecule has 5 nitrogen and oxygen atoms in total. The van der Waals surface area contributed by atoms with Crippen LogP contribution in [0.4, 0.5) is 0 Å². The number of benzene rings is 1. The maximum atomic E-state index is 11.6. The summed E-state index contributed by atoms with van der Waals surface area (Å²) in [6.07, 6.45) is 1.74. The number of para-hydroxylation sites is 1. The lowest BCUT2D eigenvalue weighted by Gasteiger charge is -2.15. The molecule has 1 aromatic carbocycles. The number of hydrogen-bond acceptors (Lipinski definition) is 4. The van der Waals surface area contributed by atoms with Crippen LogP contribution in [0.5, 0.6) is 11.5 Å². The molecule has 2 aromatic rings. The summed E-state index contributed by atoms with van der Waals surface area (Å²) in [6, 6.07) is 10.7. The van der Waals surface area contributed by atoms with Gasteiger partial charge in [0.25, 0.3) is 5.56 Å². The normalized spacial score (nSPS) is 10.4. The van der Waals surface area contributed by atoms with Crippen LogP contribution in [0.1, 0.15) is 12.5 Å². The molecule has 0 spiro atoms. The Hall–Kier alpha value is -2.27. The topological polar surface area (TPSA) is 66.5 Å². The Kier molecular flexibility index (Phi) is 5.40. The molecular formula is C16H20N2O3. The highest BCUT2D eigenvalue weighted by Gasteiger charge is 2.10. The second-order valence-corrected chi connectivity index (χ2v) is 4.46. The largest absolute Gasteiger partial charge is 0.490 e. The van der Waals surface area contributed by atoms with Gasteiger partial charge in [-0.3, -0.25) is 4.79 Å². The van der Waals surface area contributed by atoms with E-state index in [9.17, 15) is 4.79 Å². The molecule has 0 saturated heterocycles. The smallest absolute Gasteiger partial charge is 0.250 e. The maximum Gasteiger partial charge on any atom is 0.250 e. The van der Waals surface area contributed by atoms with Crippen LogP contribution in [-0.4, -0.2) is 17.8 Å². The van der Waals surface area contributed by atoms with Crippen molar-refractivity contribution in [2.45, 2.75) is 20.0 Å². The highest BCUT2D eigenvalue weighted by atomic mass is 16.5. The molecule has 0 bridgehead atoms. The van der Waals surface area contributed by atoms with Crippen molar-refractivity contribution in [2.24, 2.45) is 5.73 Å². The van der Waals surface area contributed by atoms with E-state index in [0.29, 0.717) is 37.8 Å². The van der Waals surface area contributed by atoms with Gasteiger partial charge in [0.2, 0.25) is 0 Å². The number of nitrogens with zero attached hydrogens (tertiary/aromatic N) is 1. The fraction of sp³-hybridized carbons (Fsp3) is 0.312. The average Bonchev–Trinajstić information content (AvgIpc) is 2.50. The average molecular weight is 288 g/mol. The molecule has 1 heterocycles. The lowest BCUT2D eigenvalue weighted by molar-refractivity contribution is 0.263. The molecule has 0 aliphatic rings. The maximum absolute atomic E-state index is 11.6. The first-order chi connectivity index (χ1) is 10.3. The van der Waals surface area contributed by atoms with E-state index in [4.69, 9.17) is 15.2 Å². The predicted octanol–water partition coefficient (Wildman–Crippen LogP) is 1.78. The predicted molar refractivity (Wildman–Crippen MR) is 81.7 cm³/mol. The van der Waals surface area contributed by atoms with E-state index in [1.807, 2.05) is 31.2 Å². The van der Waals surface area contributed by atoms with Crippen molar-refractivity contribution in [3.05, 3.63) is 58.5 Å². The van der Waals surface area contributed by atoms with Gasteiger partial charge in [0.05, 0.1) is 13.2 Å². The molecule has 2 N–H and O–H groups in total. The second-order valence-electron chi connectivity index (χ2n) is 4.46. The second kappa shape index (κ2) is 7.50. The molecule has 21 heavy (non-hydrogen) atoms. The minimum absolute atomic E-state index is 0.0433. The van der Waals surface area contributed by atoms with Crippen LogP contribution in [0.3, 0.4) is 0 Å². The molecular weight excluding hydrogens is 268 g/mol. The van der Waals surface area contributed by atoms with Gasteiger partial charge in [0.1, 0.15) is 6.61 Å². The number of pyridine rings is 1. The molecule has 0 atom stereocenters. The van der Waals surface area contributed by atoms with Crippen molar-refractivity contribution in [3.8, 4) is 11.5 Å². The van der Waals surface area contributed by atoms with Gasteiger partial charge in [-0.1, -0.05) is 18.2 Å². The van der Waals surface area contributed by atoms with E-state index in [0.717, 1.165) is 5.56 Å². The summed E-state index contributed by atoms with van der Waals surface area (Å²) in [6.45, 7) is 3.71. The minimum atomic E-state index is -0.0433. The van der Waals surface area contributed by atoms with Crippen molar-refractivity contribution in [1.29, 1.82) is 0 Å². The molecule has 112 valence electrons. The highest BCUT2D eigenvalue weighted by Crippen LogP contribution is 2.31. The lowest BCUT2D eigenvalue weighted by atomic mass is 10.2. The standard InChI is InChI=1S/C16H20N2O3/c1-2-20-14-7-5-6-13(12-17)16(14)21-11-10-18-9-4-3-8-15(18)19/h3-9H,2,10-12,17H2,1H3. The van der Waals surface area contributed by atoms with Crippen molar-refractivity contribution in [1.82, 2.24) is 4.57 Å². The van der Waals surface area contributed by atoms with Crippen molar-refractivity contribution < 1.29 is 9.47 Å². The quantitative estimate of drug-likeness (QED) is 0.843. The van der Waals surface area contributed by atoms with Gasteiger partial charge >= 0.3 is 0 Å². The Labute approximate surface area is 123 Å². The van der Waals surface area contributed by atoms with Crippen LogP contribution in [0, 0.1) is 0 Å². The molecule has 0 amide bonds. The van der Waals surface area contributed by atoms with Crippen molar-refractivity contribution >= 4 is 0 Å². The van der Waals surface area contributed by atoms with Gasteiger partial charge in [-0.15, -0.1) is 0 Å². The Bertz CT molecular complexity index is 637. The summed E-state index contributed by atoms with van der Waals surface area (Å²) in [5, 5.41) is 0. The third kappa shape index (κ3) is 3.86. The van der Waals surface area contributed by atoms with E-state index in [1.54, 1.807) is 16.8 Å². The fourth-order valence-corrected chi connectivity index (χ4v) is 2.05. The van der Waals surface area contributed by atoms with Gasteiger partial charge in [-0.2, -0.15) is 0 Å². The first-order valence-corrected chi connectivity index (χ1v) is 6.99. The fourth-order valence-electron chi connectivity index (χ4n) is 2.05. The molecule has 1 aromatic heterocycles. The number of ether oxygens (including phenoxy) is 2. The summed E-state index contributed by atoms with van der Waals surface area (Å²) in [7, 11) is 0. The van der Waals surface area contributed by atoms with E-state index in [-0.39, 0.29) is 5.56 Å². The van der Waals surface area contributed by atoms with E-state index in [2.05, 4.69) is 0 Å². The first-order valence-electron chi connectivity index (χ1n) is 6.99. The monoisotopic (exact) mass is 288 g/mol.